The van der Waals surface area contributed by atoms with Gasteiger partial charge in [0.05, 0.1) is 5.69 Å². The first-order valence-corrected chi connectivity index (χ1v) is 6.94. The topological polar surface area (TPSA) is 61.4 Å². The molecule has 1 saturated heterocycles. The van der Waals surface area contributed by atoms with E-state index in [4.69, 9.17) is 11.6 Å². The van der Waals surface area contributed by atoms with Crippen molar-refractivity contribution in [2.75, 3.05) is 18.4 Å². The van der Waals surface area contributed by atoms with Gasteiger partial charge in [-0.3, -0.25) is 4.79 Å². The maximum Gasteiger partial charge on any atom is 0.221 e. The van der Waals surface area contributed by atoms with E-state index in [1.807, 2.05) is 0 Å². The molecule has 2 rings (SSSR count). The molecule has 0 aromatic heterocycles. The Morgan fingerprint density at radius 2 is 2.16 bits per heavy atom. The Hall–Kier alpha value is -1.26. The molecule has 0 spiro atoms. The summed E-state index contributed by atoms with van der Waals surface area (Å²) in [5.41, 5.74) is 1.29. The summed E-state index contributed by atoms with van der Waals surface area (Å²) in [5, 5.41) is 16.5. The Morgan fingerprint density at radius 1 is 1.47 bits per heavy atom. The summed E-state index contributed by atoms with van der Waals surface area (Å²) in [5.74, 6) is 0.403. The molecule has 1 aliphatic rings. The van der Waals surface area contributed by atoms with Crippen molar-refractivity contribution in [3.63, 3.8) is 0 Å². The molecule has 4 nitrogen and oxygen atoms in total. The van der Waals surface area contributed by atoms with E-state index in [0.717, 1.165) is 37.9 Å². The number of carbonyl (C=O) groups is 1. The largest absolute Gasteiger partial charge is 0.506 e. The number of benzene rings is 1. The summed E-state index contributed by atoms with van der Waals surface area (Å²) in [6, 6.07) is 3.19. The number of halogens is 1. The van der Waals surface area contributed by atoms with Gasteiger partial charge in [0.2, 0.25) is 5.91 Å². The molecule has 19 heavy (non-hydrogen) atoms. The van der Waals surface area contributed by atoms with E-state index in [-0.39, 0.29) is 11.7 Å². The molecule has 0 aliphatic carbocycles. The number of phenolic OH excluding ortho intramolecular Hbond substituents is 1. The molecule has 1 heterocycles. The Morgan fingerprint density at radius 3 is 2.79 bits per heavy atom. The van der Waals surface area contributed by atoms with Crippen LogP contribution in [0.5, 0.6) is 5.75 Å². The van der Waals surface area contributed by atoms with Gasteiger partial charge in [-0.1, -0.05) is 11.6 Å². The van der Waals surface area contributed by atoms with Crippen molar-refractivity contribution < 1.29 is 9.90 Å². The van der Waals surface area contributed by atoms with Gasteiger partial charge >= 0.3 is 0 Å². The second-order valence-corrected chi connectivity index (χ2v) is 5.41. The quantitative estimate of drug-likeness (QED) is 0.747. The van der Waals surface area contributed by atoms with Gasteiger partial charge in [0.15, 0.2) is 0 Å². The van der Waals surface area contributed by atoms with Crippen LogP contribution in [0.4, 0.5) is 5.69 Å². The zero-order valence-electron chi connectivity index (χ0n) is 11.0. The van der Waals surface area contributed by atoms with E-state index < -0.39 is 0 Å². The van der Waals surface area contributed by atoms with E-state index in [2.05, 4.69) is 10.6 Å². The molecule has 0 unspecified atom stereocenters. The van der Waals surface area contributed by atoms with Crippen LogP contribution >= 0.6 is 11.6 Å². The van der Waals surface area contributed by atoms with Crippen LogP contribution in [-0.2, 0) is 11.2 Å². The summed E-state index contributed by atoms with van der Waals surface area (Å²) in [7, 11) is 0. The molecule has 1 aromatic carbocycles. The second-order valence-electron chi connectivity index (χ2n) is 5.00. The fourth-order valence-electron chi connectivity index (χ4n) is 2.50. The molecule has 1 fully saturated rings. The standard InChI is InChI=1S/C14H19ClN2O2/c1-9(18)17-14-11(12(15)2-3-13(14)19)8-10-4-6-16-7-5-10/h2-3,10,16,19H,4-8H2,1H3,(H,17,18). The number of amides is 1. The van der Waals surface area contributed by atoms with E-state index in [1.165, 1.54) is 13.0 Å². The Balaban J connectivity index is 2.25. The van der Waals surface area contributed by atoms with Crippen LogP contribution in [0, 0.1) is 5.92 Å². The lowest BCUT2D eigenvalue weighted by atomic mass is 9.90. The van der Waals surface area contributed by atoms with Gasteiger partial charge in [-0.05, 0) is 56.0 Å². The van der Waals surface area contributed by atoms with Crippen LogP contribution in [0.2, 0.25) is 5.02 Å². The number of hydrogen-bond acceptors (Lipinski definition) is 3. The normalized spacial score (nSPS) is 16.3. The first-order chi connectivity index (χ1) is 9.08. The number of nitrogens with one attached hydrogen (secondary N) is 2. The number of anilines is 1. The molecule has 5 heteroatoms. The highest BCUT2D eigenvalue weighted by molar-refractivity contribution is 6.32. The number of carbonyl (C=O) groups excluding carboxylic acids is 1. The summed E-state index contributed by atoms with van der Waals surface area (Å²) in [6.07, 6.45) is 2.96. The zero-order valence-corrected chi connectivity index (χ0v) is 11.8. The van der Waals surface area contributed by atoms with Gasteiger partial charge in [-0.15, -0.1) is 0 Å². The molecule has 0 radical (unpaired) electrons. The lowest BCUT2D eigenvalue weighted by Crippen LogP contribution is -2.29. The molecule has 104 valence electrons. The van der Waals surface area contributed by atoms with E-state index in [0.29, 0.717) is 16.6 Å². The van der Waals surface area contributed by atoms with Crippen molar-refractivity contribution in [3.05, 3.63) is 22.7 Å². The number of phenols is 1. The van der Waals surface area contributed by atoms with E-state index in [1.54, 1.807) is 6.07 Å². The fraction of sp³-hybridized carbons (Fsp3) is 0.500. The van der Waals surface area contributed by atoms with Crippen molar-refractivity contribution >= 4 is 23.2 Å². The van der Waals surface area contributed by atoms with Gasteiger partial charge in [-0.25, -0.2) is 0 Å². The second kappa shape index (κ2) is 6.26. The van der Waals surface area contributed by atoms with Gasteiger partial charge in [0, 0.05) is 11.9 Å². The first-order valence-electron chi connectivity index (χ1n) is 6.56. The lowest BCUT2D eigenvalue weighted by molar-refractivity contribution is -0.114. The molecule has 3 N–H and O–H groups in total. The number of piperidine rings is 1. The molecule has 1 aromatic rings. The van der Waals surface area contributed by atoms with Crippen LogP contribution in [0.25, 0.3) is 0 Å². The van der Waals surface area contributed by atoms with E-state index >= 15 is 0 Å². The smallest absolute Gasteiger partial charge is 0.221 e. The first kappa shape index (κ1) is 14.2. The molecule has 0 saturated carbocycles. The Kier molecular flexibility index (Phi) is 4.66. The minimum absolute atomic E-state index is 0.0727. The average molecular weight is 283 g/mol. The minimum Gasteiger partial charge on any atom is -0.506 e. The summed E-state index contributed by atoms with van der Waals surface area (Å²) >= 11 is 6.23. The highest BCUT2D eigenvalue weighted by Crippen LogP contribution is 2.35. The van der Waals surface area contributed by atoms with Crippen LogP contribution in [0.3, 0.4) is 0 Å². The number of rotatable bonds is 3. The Bertz CT molecular complexity index is 471. The highest BCUT2D eigenvalue weighted by atomic mass is 35.5. The third-order valence-corrected chi connectivity index (χ3v) is 3.84. The van der Waals surface area contributed by atoms with Crippen LogP contribution in [-0.4, -0.2) is 24.1 Å². The average Bonchev–Trinajstić information content (AvgIpc) is 2.39. The van der Waals surface area contributed by atoms with Crippen LogP contribution in [0.1, 0.15) is 25.3 Å². The summed E-state index contributed by atoms with van der Waals surface area (Å²) < 4.78 is 0. The van der Waals surface area contributed by atoms with Crippen LogP contribution < -0.4 is 10.6 Å². The van der Waals surface area contributed by atoms with Crippen molar-refractivity contribution in [2.45, 2.75) is 26.2 Å². The monoisotopic (exact) mass is 282 g/mol. The van der Waals surface area contributed by atoms with Gasteiger partial charge in [0.25, 0.3) is 0 Å². The number of hydrogen-bond donors (Lipinski definition) is 3. The maximum atomic E-state index is 11.2. The molecule has 0 atom stereocenters. The predicted octanol–water partition coefficient (Wildman–Crippen LogP) is 2.55. The number of aromatic hydroxyl groups is 1. The predicted molar refractivity (Wildman–Crippen MR) is 76.7 cm³/mol. The van der Waals surface area contributed by atoms with Gasteiger partial charge in [-0.2, -0.15) is 0 Å². The van der Waals surface area contributed by atoms with E-state index in [9.17, 15) is 9.90 Å². The van der Waals surface area contributed by atoms with Gasteiger partial charge in [0.1, 0.15) is 5.75 Å². The fourth-order valence-corrected chi connectivity index (χ4v) is 2.73. The van der Waals surface area contributed by atoms with Crippen molar-refractivity contribution in [3.8, 4) is 5.75 Å². The van der Waals surface area contributed by atoms with Crippen molar-refractivity contribution in [2.24, 2.45) is 5.92 Å². The minimum atomic E-state index is -0.205. The Labute approximate surface area is 118 Å². The molecule has 1 amide bonds. The molecular weight excluding hydrogens is 264 g/mol. The summed E-state index contributed by atoms with van der Waals surface area (Å²) in [6.45, 7) is 3.45. The third kappa shape index (κ3) is 3.61. The van der Waals surface area contributed by atoms with Crippen molar-refractivity contribution in [1.29, 1.82) is 0 Å². The van der Waals surface area contributed by atoms with Gasteiger partial charge < -0.3 is 15.7 Å². The SMILES string of the molecule is CC(=O)Nc1c(O)ccc(Cl)c1CC1CCNCC1. The van der Waals surface area contributed by atoms with Crippen molar-refractivity contribution in [1.82, 2.24) is 5.32 Å². The zero-order chi connectivity index (χ0) is 13.8. The van der Waals surface area contributed by atoms with Crippen LogP contribution in [0.15, 0.2) is 12.1 Å². The summed E-state index contributed by atoms with van der Waals surface area (Å²) in [4.78, 5) is 11.2. The third-order valence-electron chi connectivity index (χ3n) is 3.49. The highest BCUT2D eigenvalue weighted by Gasteiger charge is 2.19. The molecular formula is C14H19ClN2O2. The lowest BCUT2D eigenvalue weighted by Gasteiger charge is -2.24. The molecule has 1 aliphatic heterocycles. The molecule has 0 bridgehead atoms. The maximum absolute atomic E-state index is 11.2.